The first-order valence-electron chi connectivity index (χ1n) is 6.92. The van der Waals surface area contributed by atoms with Gasteiger partial charge in [0, 0.05) is 19.6 Å². The van der Waals surface area contributed by atoms with Crippen molar-refractivity contribution in [3.8, 4) is 0 Å². The Labute approximate surface area is 120 Å². The first-order chi connectivity index (χ1) is 9.17. The zero-order valence-electron chi connectivity index (χ0n) is 12.6. The molecule has 0 aromatic carbocycles. The second kappa shape index (κ2) is 5.13. The number of rotatable bonds is 3. The number of sulfonamides is 1. The summed E-state index contributed by atoms with van der Waals surface area (Å²) in [4.78, 5) is 0.259. The van der Waals surface area contributed by atoms with E-state index in [0.717, 1.165) is 6.42 Å². The van der Waals surface area contributed by atoms with Crippen molar-refractivity contribution in [2.45, 2.75) is 45.6 Å². The lowest BCUT2D eigenvalue weighted by molar-refractivity contribution is 0.252. The van der Waals surface area contributed by atoms with Crippen LogP contribution in [0, 0.1) is 18.3 Å². The average Bonchev–Trinajstić information content (AvgIpc) is 2.94. The Morgan fingerprint density at radius 2 is 2.10 bits per heavy atom. The maximum Gasteiger partial charge on any atom is 0.246 e. The predicted octanol–water partition coefficient (Wildman–Crippen LogP) is 1.23. The van der Waals surface area contributed by atoms with Gasteiger partial charge in [0.1, 0.15) is 4.90 Å². The van der Waals surface area contributed by atoms with E-state index in [-0.39, 0.29) is 16.9 Å². The van der Waals surface area contributed by atoms with Crippen LogP contribution in [0.15, 0.2) is 4.90 Å². The fourth-order valence-corrected chi connectivity index (χ4v) is 4.57. The maximum absolute atomic E-state index is 12.8. The fraction of sp³-hybridized carbons (Fsp3) is 0.769. The Morgan fingerprint density at radius 3 is 2.60 bits per heavy atom. The van der Waals surface area contributed by atoms with E-state index in [4.69, 9.17) is 5.73 Å². The van der Waals surface area contributed by atoms with Crippen LogP contribution in [-0.4, -0.2) is 36.0 Å². The van der Waals surface area contributed by atoms with Crippen LogP contribution in [0.4, 0.5) is 0 Å². The maximum atomic E-state index is 12.8. The standard InChI is InChI=1S/C13H24N4O2S/c1-9-12(11(7-14)16-15-9)20(18,19)17-6-5-10(8-17)13(2,3)4/h10H,5-8,14H2,1-4H3,(H,15,16). The van der Waals surface area contributed by atoms with E-state index in [1.54, 1.807) is 11.2 Å². The fourth-order valence-electron chi connectivity index (χ4n) is 2.73. The van der Waals surface area contributed by atoms with Crippen LogP contribution in [0.5, 0.6) is 0 Å². The molecule has 2 rings (SSSR count). The Morgan fingerprint density at radius 1 is 1.45 bits per heavy atom. The highest BCUT2D eigenvalue weighted by atomic mass is 32.2. The van der Waals surface area contributed by atoms with E-state index < -0.39 is 10.0 Å². The molecule has 7 heteroatoms. The number of hydrogen-bond acceptors (Lipinski definition) is 4. The van der Waals surface area contributed by atoms with Gasteiger partial charge in [0.2, 0.25) is 10.0 Å². The van der Waals surface area contributed by atoms with Crippen molar-refractivity contribution in [1.82, 2.24) is 14.5 Å². The van der Waals surface area contributed by atoms with Crippen molar-refractivity contribution in [2.24, 2.45) is 17.1 Å². The molecule has 0 radical (unpaired) electrons. The number of aryl methyl sites for hydroxylation is 1. The lowest BCUT2D eigenvalue weighted by Crippen LogP contribution is -2.32. The Hall–Kier alpha value is -0.920. The van der Waals surface area contributed by atoms with Gasteiger partial charge in [0.15, 0.2) is 0 Å². The van der Waals surface area contributed by atoms with Gasteiger partial charge < -0.3 is 5.73 Å². The van der Waals surface area contributed by atoms with Gasteiger partial charge in [-0.05, 0) is 24.7 Å². The largest absolute Gasteiger partial charge is 0.325 e. The quantitative estimate of drug-likeness (QED) is 0.878. The summed E-state index contributed by atoms with van der Waals surface area (Å²) in [7, 11) is -3.50. The summed E-state index contributed by atoms with van der Waals surface area (Å²) in [6, 6.07) is 0. The molecule has 114 valence electrons. The molecular formula is C13H24N4O2S. The van der Waals surface area contributed by atoms with Crippen molar-refractivity contribution >= 4 is 10.0 Å². The zero-order chi connectivity index (χ0) is 15.1. The van der Waals surface area contributed by atoms with Gasteiger partial charge in [-0.1, -0.05) is 20.8 Å². The number of H-pyrrole nitrogens is 1. The zero-order valence-corrected chi connectivity index (χ0v) is 13.4. The van der Waals surface area contributed by atoms with Crippen LogP contribution in [0.2, 0.25) is 0 Å². The predicted molar refractivity (Wildman–Crippen MR) is 77.5 cm³/mol. The third kappa shape index (κ3) is 2.62. The van der Waals surface area contributed by atoms with E-state index in [2.05, 4.69) is 31.0 Å². The molecule has 0 saturated carbocycles. The molecule has 6 nitrogen and oxygen atoms in total. The molecule has 0 aliphatic carbocycles. The number of nitrogens with one attached hydrogen (secondary N) is 1. The topological polar surface area (TPSA) is 92.1 Å². The molecule has 1 atom stereocenters. The summed E-state index contributed by atoms with van der Waals surface area (Å²) in [5.41, 5.74) is 6.69. The molecule has 0 bridgehead atoms. The minimum absolute atomic E-state index is 0.117. The number of hydrogen-bond donors (Lipinski definition) is 2. The van der Waals surface area contributed by atoms with Gasteiger partial charge >= 0.3 is 0 Å². The van der Waals surface area contributed by atoms with Gasteiger partial charge in [-0.3, -0.25) is 5.10 Å². The van der Waals surface area contributed by atoms with Gasteiger partial charge in [0.05, 0.1) is 11.4 Å². The molecule has 1 unspecified atom stereocenters. The Bertz CT molecular complexity index is 586. The molecule has 0 spiro atoms. The van der Waals surface area contributed by atoms with Crippen LogP contribution >= 0.6 is 0 Å². The van der Waals surface area contributed by atoms with Crippen LogP contribution in [0.25, 0.3) is 0 Å². The van der Waals surface area contributed by atoms with E-state index in [1.165, 1.54) is 0 Å². The normalized spacial score (nSPS) is 21.6. The summed E-state index contributed by atoms with van der Waals surface area (Å²) in [5.74, 6) is 0.380. The molecule has 3 N–H and O–H groups in total. The molecule has 0 amide bonds. The number of aromatic nitrogens is 2. The highest BCUT2D eigenvalue weighted by Crippen LogP contribution is 2.36. The lowest BCUT2D eigenvalue weighted by atomic mass is 9.80. The highest BCUT2D eigenvalue weighted by molar-refractivity contribution is 7.89. The molecule has 1 aromatic rings. The monoisotopic (exact) mass is 300 g/mol. The molecular weight excluding hydrogens is 276 g/mol. The molecule has 1 aliphatic rings. The van der Waals surface area contributed by atoms with Crippen LogP contribution in [0.1, 0.15) is 38.6 Å². The molecule has 1 saturated heterocycles. The average molecular weight is 300 g/mol. The van der Waals surface area contributed by atoms with Gasteiger partial charge in [-0.25, -0.2) is 8.42 Å². The van der Waals surface area contributed by atoms with E-state index in [9.17, 15) is 8.42 Å². The third-order valence-electron chi connectivity index (χ3n) is 4.13. The van der Waals surface area contributed by atoms with Gasteiger partial charge in [0.25, 0.3) is 0 Å². The van der Waals surface area contributed by atoms with Crippen LogP contribution in [-0.2, 0) is 16.6 Å². The Balaban J connectivity index is 2.31. The van der Waals surface area contributed by atoms with Crippen molar-refractivity contribution in [3.05, 3.63) is 11.4 Å². The highest BCUT2D eigenvalue weighted by Gasteiger charge is 2.39. The molecule has 1 fully saturated rings. The van der Waals surface area contributed by atoms with E-state index >= 15 is 0 Å². The van der Waals surface area contributed by atoms with Gasteiger partial charge in [-0.15, -0.1) is 0 Å². The summed E-state index contributed by atoms with van der Waals surface area (Å²) < 4.78 is 27.1. The number of aromatic amines is 1. The molecule has 1 aliphatic heterocycles. The van der Waals surface area contributed by atoms with Crippen LogP contribution in [0.3, 0.4) is 0 Å². The summed E-state index contributed by atoms with van der Waals surface area (Å²) in [6.07, 6.45) is 0.900. The van der Waals surface area contributed by atoms with Crippen LogP contribution < -0.4 is 5.73 Å². The summed E-state index contributed by atoms with van der Waals surface area (Å²) in [6.45, 7) is 9.44. The van der Waals surface area contributed by atoms with E-state index in [1.807, 2.05) is 0 Å². The smallest absolute Gasteiger partial charge is 0.246 e. The van der Waals surface area contributed by atoms with Gasteiger partial charge in [-0.2, -0.15) is 9.40 Å². The van der Waals surface area contributed by atoms with E-state index in [0.29, 0.717) is 30.4 Å². The first kappa shape index (κ1) is 15.5. The van der Waals surface area contributed by atoms with Crippen molar-refractivity contribution in [2.75, 3.05) is 13.1 Å². The Kier molecular flexibility index (Phi) is 3.96. The minimum Gasteiger partial charge on any atom is -0.325 e. The lowest BCUT2D eigenvalue weighted by Gasteiger charge is -2.26. The summed E-state index contributed by atoms with van der Waals surface area (Å²) >= 11 is 0. The second-order valence-electron chi connectivity index (χ2n) is 6.54. The second-order valence-corrected chi connectivity index (χ2v) is 8.42. The third-order valence-corrected chi connectivity index (χ3v) is 6.20. The molecule has 20 heavy (non-hydrogen) atoms. The molecule has 1 aromatic heterocycles. The van der Waals surface area contributed by atoms with Crippen molar-refractivity contribution in [1.29, 1.82) is 0 Å². The first-order valence-corrected chi connectivity index (χ1v) is 8.36. The summed E-state index contributed by atoms with van der Waals surface area (Å²) in [5, 5.41) is 6.71. The minimum atomic E-state index is -3.50. The van der Waals surface area contributed by atoms with Crippen molar-refractivity contribution < 1.29 is 8.42 Å². The SMILES string of the molecule is Cc1[nH]nc(CN)c1S(=O)(=O)N1CCC(C(C)(C)C)C1. The number of nitrogens with zero attached hydrogens (tertiary/aromatic N) is 2. The van der Waals surface area contributed by atoms with Crippen molar-refractivity contribution in [3.63, 3.8) is 0 Å². The molecule has 2 heterocycles. The number of nitrogens with two attached hydrogens (primary N) is 1.